The van der Waals surface area contributed by atoms with Gasteiger partial charge in [-0.25, -0.2) is 4.79 Å². The van der Waals surface area contributed by atoms with Crippen molar-refractivity contribution in [2.75, 3.05) is 33.2 Å². The minimum absolute atomic E-state index is 0.0541. The third-order valence-corrected chi connectivity index (χ3v) is 5.40. The van der Waals surface area contributed by atoms with Crippen LogP contribution in [-0.2, 0) is 32.7 Å². The lowest BCUT2D eigenvalue weighted by Gasteiger charge is -2.17. The monoisotopic (exact) mass is 421 g/mol. The molecule has 0 bridgehead atoms. The maximum atomic E-state index is 11.9. The number of hydrogen-bond acceptors (Lipinski definition) is 8. The van der Waals surface area contributed by atoms with Crippen molar-refractivity contribution in [3.8, 4) is 0 Å². The third-order valence-electron chi connectivity index (χ3n) is 3.31. The standard InChI is InChI=1S/C17H32BO7SSi/c1-5-16(19)23-9-6-8-21-10-7-15(25-26-18)13-17(20)24-14-22-11-12-27(2,3)4/h5,15,18H,1,6-14H2,2-4H3/t15-/m0/s1/i18T. The summed E-state index contributed by atoms with van der Waals surface area (Å²) in [6, 6.07) is 1.01. The number of rotatable bonds is 18. The Morgan fingerprint density at radius 3 is 2.63 bits per heavy atom. The number of hydrogen-bond donors (Lipinski definition) is 0. The predicted octanol–water partition coefficient (Wildman–Crippen LogP) is 2.61. The van der Waals surface area contributed by atoms with Crippen LogP contribution in [0.2, 0.25) is 25.7 Å². The molecule has 155 valence electrons. The highest BCUT2D eigenvalue weighted by Gasteiger charge is 2.16. The molecule has 0 aromatic carbocycles. The molecule has 0 aromatic rings. The van der Waals surface area contributed by atoms with Crippen LogP contribution in [-0.4, -0.2) is 67.8 Å². The van der Waals surface area contributed by atoms with Gasteiger partial charge in [0.2, 0.25) is 7.09 Å². The summed E-state index contributed by atoms with van der Waals surface area (Å²) in [5.41, 5.74) is 0. The van der Waals surface area contributed by atoms with E-state index >= 15 is 0 Å². The summed E-state index contributed by atoms with van der Waals surface area (Å²) in [4.78, 5) is 22.8. The summed E-state index contributed by atoms with van der Waals surface area (Å²) in [6.07, 6.45) is 1.77. The Balaban J connectivity index is 3.91. The molecule has 0 aromatic heterocycles. The molecule has 0 aliphatic rings. The van der Waals surface area contributed by atoms with Crippen LogP contribution in [0.15, 0.2) is 12.7 Å². The van der Waals surface area contributed by atoms with Crippen LogP contribution < -0.4 is 0 Å². The quantitative estimate of drug-likeness (QED) is 0.0835. The van der Waals surface area contributed by atoms with Crippen molar-refractivity contribution in [2.24, 2.45) is 0 Å². The second-order valence-corrected chi connectivity index (χ2v) is 13.0. The summed E-state index contributed by atoms with van der Waals surface area (Å²) in [5, 5.41) is 0. The first-order valence-electron chi connectivity index (χ1n) is 9.48. The van der Waals surface area contributed by atoms with Crippen molar-refractivity contribution in [1.82, 2.24) is 0 Å². The summed E-state index contributed by atoms with van der Waals surface area (Å²) < 4.78 is 33.1. The van der Waals surface area contributed by atoms with E-state index in [2.05, 4.69) is 26.2 Å². The number of esters is 2. The highest BCUT2D eigenvalue weighted by Crippen LogP contribution is 2.12. The normalized spacial score (nSPS) is 12.8. The molecular formula is C17H32BO7SSi. The summed E-state index contributed by atoms with van der Waals surface area (Å²) in [6.45, 7) is 11.6. The summed E-state index contributed by atoms with van der Waals surface area (Å²) in [7, 11) is -0.115. The molecule has 1 radical (unpaired) electrons. The number of carbonyl (C=O) groups is 2. The van der Waals surface area contributed by atoms with Crippen molar-refractivity contribution in [2.45, 2.75) is 51.1 Å². The maximum Gasteiger partial charge on any atom is 0.330 e. The second-order valence-electron chi connectivity index (χ2n) is 7.00. The van der Waals surface area contributed by atoms with E-state index in [1.807, 2.05) is 0 Å². The minimum Gasteiger partial charge on any atom is -0.462 e. The highest BCUT2D eigenvalue weighted by atomic mass is 32.2. The van der Waals surface area contributed by atoms with Gasteiger partial charge in [0.05, 0.1) is 19.1 Å². The zero-order valence-electron chi connectivity index (χ0n) is 17.6. The molecule has 0 amide bonds. The van der Waals surface area contributed by atoms with Crippen molar-refractivity contribution in [3.63, 3.8) is 0 Å². The van der Waals surface area contributed by atoms with Gasteiger partial charge < -0.3 is 23.1 Å². The first-order valence-corrected chi connectivity index (χ1v) is 13.4. The van der Waals surface area contributed by atoms with Crippen molar-refractivity contribution < 1.29 is 32.7 Å². The van der Waals surface area contributed by atoms with Gasteiger partial charge in [-0.2, -0.15) is 0 Å². The molecule has 0 rings (SSSR count). The molecule has 0 saturated carbocycles. The first-order chi connectivity index (χ1) is 13.3. The molecule has 0 saturated heterocycles. The van der Waals surface area contributed by atoms with Gasteiger partial charge in [-0.05, 0) is 13.8 Å². The molecular weight excluding hydrogens is 387 g/mol. The van der Waals surface area contributed by atoms with Crippen molar-refractivity contribution in [3.05, 3.63) is 12.7 Å². The molecule has 0 unspecified atom stereocenters. The van der Waals surface area contributed by atoms with Crippen LogP contribution in [0.3, 0.4) is 0 Å². The average Bonchev–Trinajstić information content (AvgIpc) is 2.63. The van der Waals surface area contributed by atoms with Crippen LogP contribution in [0.25, 0.3) is 0 Å². The Bertz CT molecular complexity index is 452. The van der Waals surface area contributed by atoms with Gasteiger partial charge in [0.1, 0.15) is 0 Å². The van der Waals surface area contributed by atoms with E-state index in [0.29, 0.717) is 32.7 Å². The molecule has 0 heterocycles. The van der Waals surface area contributed by atoms with Crippen LogP contribution in [0, 0.1) is 0 Å². The zero-order valence-corrected chi connectivity index (χ0v) is 18.4. The minimum atomic E-state index is -1.16. The van der Waals surface area contributed by atoms with Crippen molar-refractivity contribution in [1.29, 1.82) is 1.34 Å². The van der Waals surface area contributed by atoms with E-state index in [9.17, 15) is 9.59 Å². The second kappa shape index (κ2) is 16.2. The SMILES string of the molecule is [3H][B]SO[C@@H](CCOCCCOC(=O)C=C)CC(=O)OCOCC[Si](C)(C)C. The Kier molecular flexibility index (Phi) is 14.5. The van der Waals surface area contributed by atoms with E-state index in [0.717, 1.165) is 31.1 Å². The van der Waals surface area contributed by atoms with Gasteiger partial charge in [-0.15, -0.1) is 0 Å². The Labute approximate surface area is 170 Å². The number of carbonyl (C=O) groups excluding carboxylic acids is 2. The third kappa shape index (κ3) is 18.3. The molecule has 0 N–H and O–H groups in total. The molecule has 1 atom stereocenters. The maximum absolute atomic E-state index is 11.9. The van der Waals surface area contributed by atoms with E-state index in [4.69, 9.17) is 24.5 Å². The molecule has 0 spiro atoms. The fourth-order valence-corrected chi connectivity index (χ4v) is 2.84. The van der Waals surface area contributed by atoms with Gasteiger partial charge in [0, 0.05) is 40.4 Å². The zero-order chi connectivity index (χ0) is 21.3. The number of ether oxygens (including phenoxy) is 4. The van der Waals surface area contributed by atoms with Gasteiger partial charge in [0.25, 0.3) is 0 Å². The van der Waals surface area contributed by atoms with Crippen LogP contribution in [0.5, 0.6) is 0 Å². The van der Waals surface area contributed by atoms with Crippen LogP contribution >= 0.6 is 11.9 Å². The van der Waals surface area contributed by atoms with E-state index in [1.54, 1.807) is 0 Å². The lowest BCUT2D eigenvalue weighted by atomic mass is 10.2. The van der Waals surface area contributed by atoms with E-state index < -0.39 is 26.1 Å². The Morgan fingerprint density at radius 1 is 1.19 bits per heavy atom. The summed E-state index contributed by atoms with van der Waals surface area (Å²) in [5.74, 6) is -0.875. The molecule has 27 heavy (non-hydrogen) atoms. The van der Waals surface area contributed by atoms with Gasteiger partial charge in [-0.1, -0.05) is 38.1 Å². The first kappa shape index (κ1) is 24.2. The van der Waals surface area contributed by atoms with Crippen LogP contribution in [0.4, 0.5) is 0 Å². The topological polar surface area (TPSA) is 80.3 Å². The molecule has 0 fully saturated rings. The average molecular weight is 421 g/mol. The lowest BCUT2D eigenvalue weighted by molar-refractivity contribution is -0.157. The van der Waals surface area contributed by atoms with Gasteiger partial charge in [0.15, 0.2) is 6.79 Å². The van der Waals surface area contributed by atoms with E-state index in [1.165, 1.54) is 0 Å². The fraction of sp³-hybridized carbons (Fsp3) is 0.765. The Hall–Kier alpha value is -0.808. The molecule has 0 aliphatic heterocycles. The molecule has 7 nitrogen and oxygen atoms in total. The van der Waals surface area contributed by atoms with Crippen molar-refractivity contribution >= 4 is 39.0 Å². The molecule has 10 heteroatoms. The van der Waals surface area contributed by atoms with Gasteiger partial charge in [-0.3, -0.25) is 4.79 Å². The molecule has 0 aliphatic carbocycles. The van der Waals surface area contributed by atoms with E-state index in [-0.39, 0.29) is 19.8 Å². The smallest absolute Gasteiger partial charge is 0.330 e. The predicted molar refractivity (Wildman–Crippen MR) is 111 cm³/mol. The Morgan fingerprint density at radius 2 is 1.96 bits per heavy atom. The largest absolute Gasteiger partial charge is 0.462 e. The highest BCUT2D eigenvalue weighted by molar-refractivity contribution is 8.15. The lowest BCUT2D eigenvalue weighted by Crippen LogP contribution is -2.23. The fourth-order valence-electron chi connectivity index (χ4n) is 1.76. The van der Waals surface area contributed by atoms with Crippen LogP contribution in [0.1, 0.15) is 19.3 Å². The summed E-state index contributed by atoms with van der Waals surface area (Å²) >= 11 is 0.855. The van der Waals surface area contributed by atoms with Gasteiger partial charge >= 0.3 is 11.9 Å².